The van der Waals surface area contributed by atoms with Gasteiger partial charge < -0.3 is 4.57 Å². The molecule has 2 aromatic rings. The number of hydrogen-bond donors (Lipinski definition) is 1. The van der Waals surface area contributed by atoms with E-state index in [4.69, 9.17) is 12.2 Å². The maximum Gasteiger partial charge on any atom is 0.270 e. The van der Waals surface area contributed by atoms with Gasteiger partial charge >= 0.3 is 0 Å². The fraction of sp³-hybridized carbons (Fsp3) is 0.167. The lowest BCUT2D eigenvalue weighted by Gasteiger charge is -2.29. The summed E-state index contributed by atoms with van der Waals surface area (Å²) in [5.74, 6) is -0.893. The summed E-state index contributed by atoms with van der Waals surface area (Å²) in [6, 6.07) is 11.2. The van der Waals surface area contributed by atoms with E-state index in [0.29, 0.717) is 5.69 Å². The molecule has 0 aliphatic carbocycles. The van der Waals surface area contributed by atoms with Crippen molar-refractivity contribution in [1.82, 2.24) is 9.88 Å². The van der Waals surface area contributed by atoms with E-state index in [0.717, 1.165) is 17.8 Å². The maximum absolute atomic E-state index is 12.9. The molecule has 1 saturated heterocycles. The van der Waals surface area contributed by atoms with E-state index in [9.17, 15) is 9.59 Å². The minimum atomic E-state index is -0.474. The number of amides is 2. The first kappa shape index (κ1) is 16.1. The van der Waals surface area contributed by atoms with Crippen molar-refractivity contribution in [2.75, 3.05) is 4.90 Å². The zero-order valence-electron chi connectivity index (χ0n) is 13.4. The second kappa shape index (κ2) is 6.41. The van der Waals surface area contributed by atoms with Crippen LogP contribution in [0.2, 0.25) is 0 Å². The standard InChI is InChI=1S/C18H17N3O2S/c1-3-20-9-5-8-13(20)11-15-16(22)19-18(24)21(17(15)23)14-7-4-6-12(2)10-14/h4-11H,3H2,1-2H3,(H,19,22,24)/b15-11+. The van der Waals surface area contributed by atoms with Crippen molar-refractivity contribution >= 4 is 40.9 Å². The number of thiocarbonyl (C=S) groups is 1. The number of anilines is 1. The molecule has 1 aromatic heterocycles. The monoisotopic (exact) mass is 339 g/mol. The predicted molar refractivity (Wildman–Crippen MR) is 97.5 cm³/mol. The molecule has 1 fully saturated rings. The molecule has 0 bridgehead atoms. The first-order chi connectivity index (χ1) is 11.5. The molecule has 1 aliphatic heterocycles. The second-order valence-corrected chi connectivity index (χ2v) is 5.90. The van der Waals surface area contributed by atoms with Gasteiger partial charge in [0.25, 0.3) is 11.8 Å². The Kier molecular flexibility index (Phi) is 4.31. The number of hydrogen-bond acceptors (Lipinski definition) is 3. The Morgan fingerprint density at radius 3 is 2.71 bits per heavy atom. The van der Waals surface area contributed by atoms with Crippen LogP contribution in [0.5, 0.6) is 0 Å². The summed E-state index contributed by atoms with van der Waals surface area (Å²) in [5.41, 5.74) is 2.51. The van der Waals surface area contributed by atoms with E-state index in [1.54, 1.807) is 12.1 Å². The number of benzene rings is 1. The van der Waals surface area contributed by atoms with Gasteiger partial charge in [-0.3, -0.25) is 19.8 Å². The molecule has 24 heavy (non-hydrogen) atoms. The molecule has 0 unspecified atom stereocenters. The lowest BCUT2D eigenvalue weighted by atomic mass is 10.1. The number of nitrogens with zero attached hydrogens (tertiary/aromatic N) is 2. The molecule has 0 radical (unpaired) electrons. The van der Waals surface area contributed by atoms with Gasteiger partial charge in [-0.1, -0.05) is 12.1 Å². The van der Waals surface area contributed by atoms with Crippen LogP contribution in [0.3, 0.4) is 0 Å². The SMILES string of the molecule is CCn1cccc1/C=C1\C(=O)NC(=S)N(c2cccc(C)c2)C1=O. The van der Waals surface area contributed by atoms with Crippen molar-refractivity contribution in [3.8, 4) is 0 Å². The number of aryl methyl sites for hydroxylation is 2. The van der Waals surface area contributed by atoms with E-state index >= 15 is 0 Å². The van der Waals surface area contributed by atoms with Crippen molar-refractivity contribution < 1.29 is 9.59 Å². The van der Waals surface area contributed by atoms with Crippen molar-refractivity contribution in [3.63, 3.8) is 0 Å². The molecular weight excluding hydrogens is 322 g/mol. The Morgan fingerprint density at radius 2 is 2.00 bits per heavy atom. The summed E-state index contributed by atoms with van der Waals surface area (Å²) in [5, 5.41) is 2.69. The lowest BCUT2D eigenvalue weighted by molar-refractivity contribution is -0.122. The van der Waals surface area contributed by atoms with Gasteiger partial charge in [-0.25, -0.2) is 0 Å². The highest BCUT2D eigenvalue weighted by atomic mass is 32.1. The van der Waals surface area contributed by atoms with Crippen LogP contribution in [0.25, 0.3) is 6.08 Å². The van der Waals surface area contributed by atoms with Crippen LogP contribution in [0.4, 0.5) is 5.69 Å². The number of aromatic nitrogens is 1. The quantitative estimate of drug-likeness (QED) is 0.531. The van der Waals surface area contributed by atoms with Gasteiger partial charge in [-0.15, -0.1) is 0 Å². The molecule has 0 atom stereocenters. The highest BCUT2D eigenvalue weighted by molar-refractivity contribution is 7.80. The minimum absolute atomic E-state index is 0.0681. The summed E-state index contributed by atoms with van der Waals surface area (Å²) in [6.45, 7) is 4.69. The molecule has 1 aliphatic rings. The highest BCUT2D eigenvalue weighted by Crippen LogP contribution is 2.23. The first-order valence-corrected chi connectivity index (χ1v) is 8.05. The fourth-order valence-corrected chi connectivity index (χ4v) is 2.93. The molecule has 2 amide bonds. The third-order valence-electron chi connectivity index (χ3n) is 3.86. The summed E-state index contributed by atoms with van der Waals surface area (Å²) >= 11 is 5.20. The van der Waals surface area contributed by atoms with Crippen LogP contribution in [-0.2, 0) is 16.1 Å². The average molecular weight is 339 g/mol. The summed E-state index contributed by atoms with van der Waals surface area (Å²) in [4.78, 5) is 26.5. The molecule has 5 nitrogen and oxygen atoms in total. The minimum Gasteiger partial charge on any atom is -0.348 e. The molecule has 1 aromatic carbocycles. The second-order valence-electron chi connectivity index (χ2n) is 5.52. The van der Waals surface area contributed by atoms with Gasteiger partial charge in [-0.2, -0.15) is 0 Å². The maximum atomic E-state index is 12.9. The Bertz CT molecular complexity index is 867. The molecule has 0 spiro atoms. The topological polar surface area (TPSA) is 54.3 Å². The summed E-state index contributed by atoms with van der Waals surface area (Å²) < 4.78 is 1.96. The number of carbonyl (C=O) groups is 2. The highest BCUT2D eigenvalue weighted by Gasteiger charge is 2.34. The molecule has 3 rings (SSSR count). The van der Waals surface area contributed by atoms with Crippen molar-refractivity contribution in [2.45, 2.75) is 20.4 Å². The molecule has 1 N–H and O–H groups in total. The zero-order valence-corrected chi connectivity index (χ0v) is 14.3. The average Bonchev–Trinajstić information content (AvgIpc) is 2.98. The van der Waals surface area contributed by atoms with Gasteiger partial charge in [0.15, 0.2) is 5.11 Å². The van der Waals surface area contributed by atoms with Crippen molar-refractivity contribution in [3.05, 3.63) is 59.4 Å². The lowest BCUT2D eigenvalue weighted by Crippen LogP contribution is -2.54. The van der Waals surface area contributed by atoms with Crippen LogP contribution in [-0.4, -0.2) is 21.5 Å². The van der Waals surface area contributed by atoms with Crippen LogP contribution in [0, 0.1) is 6.92 Å². The summed E-state index contributed by atoms with van der Waals surface area (Å²) in [7, 11) is 0. The number of rotatable bonds is 3. The van der Waals surface area contributed by atoms with Crippen LogP contribution in [0.1, 0.15) is 18.2 Å². The molecule has 6 heteroatoms. The van der Waals surface area contributed by atoms with E-state index in [1.807, 2.05) is 54.9 Å². The van der Waals surface area contributed by atoms with Crippen LogP contribution >= 0.6 is 12.2 Å². The Morgan fingerprint density at radius 1 is 1.21 bits per heavy atom. The van der Waals surface area contributed by atoms with Gasteiger partial charge in [0, 0.05) is 18.4 Å². The predicted octanol–water partition coefficient (Wildman–Crippen LogP) is 2.65. The molecule has 2 heterocycles. The Labute approximate surface area is 145 Å². The van der Waals surface area contributed by atoms with Crippen molar-refractivity contribution in [2.24, 2.45) is 0 Å². The van der Waals surface area contributed by atoms with Crippen LogP contribution < -0.4 is 10.2 Å². The Hall–Kier alpha value is -2.73. The van der Waals surface area contributed by atoms with Gasteiger partial charge in [0.05, 0.1) is 5.69 Å². The van der Waals surface area contributed by atoms with E-state index < -0.39 is 11.8 Å². The van der Waals surface area contributed by atoms with Crippen LogP contribution in [0.15, 0.2) is 48.2 Å². The van der Waals surface area contributed by atoms with Gasteiger partial charge in [0.2, 0.25) is 0 Å². The number of nitrogens with one attached hydrogen (secondary N) is 1. The fourth-order valence-electron chi connectivity index (χ4n) is 2.65. The van der Waals surface area contributed by atoms with Crippen molar-refractivity contribution in [1.29, 1.82) is 0 Å². The van der Waals surface area contributed by atoms with E-state index in [1.165, 1.54) is 4.90 Å². The van der Waals surface area contributed by atoms with Gasteiger partial charge in [-0.05, 0) is 62.0 Å². The van der Waals surface area contributed by atoms with E-state index in [2.05, 4.69) is 5.32 Å². The molecule has 122 valence electrons. The molecule has 0 saturated carbocycles. The third-order valence-corrected chi connectivity index (χ3v) is 4.14. The van der Waals surface area contributed by atoms with E-state index in [-0.39, 0.29) is 10.7 Å². The zero-order chi connectivity index (χ0) is 17.3. The number of carbonyl (C=O) groups excluding carboxylic acids is 2. The molecular formula is C18H17N3O2S. The normalized spacial score (nSPS) is 16.7. The smallest absolute Gasteiger partial charge is 0.270 e. The Balaban J connectivity index is 2.03. The summed E-state index contributed by atoms with van der Waals surface area (Å²) in [6.07, 6.45) is 3.51. The van der Waals surface area contributed by atoms with Gasteiger partial charge in [0.1, 0.15) is 5.57 Å². The third kappa shape index (κ3) is 2.88. The first-order valence-electron chi connectivity index (χ1n) is 7.64. The largest absolute Gasteiger partial charge is 0.348 e.